The van der Waals surface area contributed by atoms with Crippen molar-refractivity contribution < 1.29 is 12.8 Å². The normalized spacial score (nSPS) is 11.6. The van der Waals surface area contributed by atoms with E-state index >= 15 is 0 Å². The average molecular weight is 314 g/mol. The summed E-state index contributed by atoms with van der Waals surface area (Å²) in [5.74, 6) is -0.649. The largest absolute Gasteiger partial charge is 0.240 e. The molecule has 0 amide bonds. The highest BCUT2D eigenvalue weighted by Gasteiger charge is 2.15. The maximum Gasteiger partial charge on any atom is 0.240 e. The summed E-state index contributed by atoms with van der Waals surface area (Å²) in [6.07, 6.45) is 0. The van der Waals surface area contributed by atoms with E-state index in [2.05, 4.69) is 4.72 Å². The van der Waals surface area contributed by atoms with Gasteiger partial charge in [-0.15, -0.1) is 0 Å². The third-order valence-corrected chi connectivity index (χ3v) is 4.48. The molecule has 0 bridgehead atoms. The fourth-order valence-corrected chi connectivity index (χ4v) is 2.90. The lowest BCUT2D eigenvalue weighted by Gasteiger charge is -2.07. The predicted octanol–water partition coefficient (Wildman–Crippen LogP) is 3.27. The number of hydrogen-bond donors (Lipinski definition) is 1. The Hall–Kier alpha value is -1.43. The average Bonchev–Trinajstić information content (AvgIpc) is 2.41. The van der Waals surface area contributed by atoms with Crippen molar-refractivity contribution in [3.63, 3.8) is 0 Å². The molecule has 20 heavy (non-hydrogen) atoms. The minimum Gasteiger partial charge on any atom is -0.207 e. The highest BCUT2D eigenvalue weighted by Crippen LogP contribution is 2.19. The molecular weight excluding hydrogens is 301 g/mol. The van der Waals surface area contributed by atoms with Crippen LogP contribution in [-0.2, 0) is 16.6 Å². The van der Waals surface area contributed by atoms with E-state index in [1.807, 2.05) is 31.2 Å². The zero-order valence-electron chi connectivity index (χ0n) is 10.7. The predicted molar refractivity (Wildman–Crippen MR) is 76.6 cm³/mol. The summed E-state index contributed by atoms with van der Waals surface area (Å²) in [5, 5.41) is -0.219. The van der Waals surface area contributed by atoms with Crippen LogP contribution in [0.3, 0.4) is 0 Å². The first-order valence-corrected chi connectivity index (χ1v) is 7.75. The summed E-state index contributed by atoms with van der Waals surface area (Å²) in [6, 6.07) is 10.8. The molecule has 6 heteroatoms. The number of rotatable bonds is 4. The van der Waals surface area contributed by atoms with E-state index in [0.717, 1.165) is 23.3 Å². The number of aryl methyl sites for hydroxylation is 1. The van der Waals surface area contributed by atoms with Crippen molar-refractivity contribution >= 4 is 21.6 Å². The van der Waals surface area contributed by atoms with Crippen LogP contribution in [0.1, 0.15) is 11.1 Å². The van der Waals surface area contributed by atoms with E-state index in [1.54, 1.807) is 0 Å². The minimum atomic E-state index is -3.71. The lowest BCUT2D eigenvalue weighted by molar-refractivity contribution is 0.580. The Labute approximate surface area is 122 Å². The van der Waals surface area contributed by atoms with Gasteiger partial charge in [0.2, 0.25) is 10.0 Å². The highest BCUT2D eigenvalue weighted by atomic mass is 35.5. The molecule has 106 valence electrons. The summed E-state index contributed by atoms with van der Waals surface area (Å²) in [4.78, 5) is -0.0592. The molecule has 0 aromatic heterocycles. The number of hydrogen-bond acceptors (Lipinski definition) is 2. The van der Waals surface area contributed by atoms with E-state index in [0.29, 0.717) is 0 Å². The van der Waals surface area contributed by atoms with Gasteiger partial charge >= 0.3 is 0 Å². The third kappa shape index (κ3) is 3.56. The van der Waals surface area contributed by atoms with Crippen molar-refractivity contribution in [2.45, 2.75) is 18.4 Å². The Morgan fingerprint density at radius 1 is 1.15 bits per heavy atom. The van der Waals surface area contributed by atoms with E-state index in [9.17, 15) is 12.8 Å². The SMILES string of the molecule is Cc1ccc(CNS(=O)(=O)c2ccc(F)c(Cl)c2)cc1. The molecule has 0 saturated heterocycles. The van der Waals surface area contributed by atoms with Crippen molar-refractivity contribution in [3.8, 4) is 0 Å². The second-order valence-corrected chi connectivity index (χ2v) is 6.56. The van der Waals surface area contributed by atoms with E-state index in [1.165, 1.54) is 6.07 Å². The van der Waals surface area contributed by atoms with Crippen LogP contribution >= 0.6 is 11.6 Å². The monoisotopic (exact) mass is 313 g/mol. The molecule has 0 radical (unpaired) electrons. The Kier molecular flexibility index (Phi) is 4.42. The van der Waals surface area contributed by atoms with Gasteiger partial charge in [-0.25, -0.2) is 17.5 Å². The van der Waals surface area contributed by atoms with Crippen molar-refractivity contribution in [3.05, 3.63) is 64.4 Å². The fraction of sp³-hybridized carbons (Fsp3) is 0.143. The summed E-state index contributed by atoms with van der Waals surface area (Å²) >= 11 is 5.59. The number of sulfonamides is 1. The van der Waals surface area contributed by atoms with Crippen LogP contribution in [-0.4, -0.2) is 8.42 Å². The van der Waals surface area contributed by atoms with Gasteiger partial charge in [-0.3, -0.25) is 0 Å². The van der Waals surface area contributed by atoms with Gasteiger partial charge in [0, 0.05) is 6.54 Å². The minimum absolute atomic E-state index is 0.0592. The number of halogens is 2. The molecule has 0 saturated carbocycles. The van der Waals surface area contributed by atoms with Crippen molar-refractivity contribution in [1.82, 2.24) is 4.72 Å². The van der Waals surface area contributed by atoms with Gasteiger partial charge in [0.05, 0.1) is 9.92 Å². The van der Waals surface area contributed by atoms with Crippen LogP contribution in [0.25, 0.3) is 0 Å². The van der Waals surface area contributed by atoms with Gasteiger partial charge in [-0.1, -0.05) is 41.4 Å². The first-order chi connectivity index (χ1) is 9.38. The fourth-order valence-electron chi connectivity index (χ4n) is 1.61. The van der Waals surface area contributed by atoms with Crippen molar-refractivity contribution in [2.24, 2.45) is 0 Å². The summed E-state index contributed by atoms with van der Waals surface area (Å²) < 4.78 is 39.6. The van der Waals surface area contributed by atoms with Gasteiger partial charge in [0.15, 0.2) is 0 Å². The van der Waals surface area contributed by atoms with Gasteiger partial charge < -0.3 is 0 Å². The molecule has 3 nitrogen and oxygen atoms in total. The molecule has 0 aliphatic heterocycles. The van der Waals surface area contributed by atoms with E-state index < -0.39 is 15.8 Å². The van der Waals surface area contributed by atoms with Crippen LogP contribution in [0.4, 0.5) is 4.39 Å². The smallest absolute Gasteiger partial charge is 0.207 e. The maximum atomic E-state index is 13.0. The molecule has 2 rings (SSSR count). The molecule has 0 heterocycles. The molecule has 0 spiro atoms. The molecule has 0 atom stereocenters. The van der Waals surface area contributed by atoms with Gasteiger partial charge in [-0.05, 0) is 30.7 Å². The quantitative estimate of drug-likeness (QED) is 0.941. The first kappa shape index (κ1) is 15.0. The summed E-state index contributed by atoms with van der Waals surface area (Å²) in [5.41, 5.74) is 1.94. The molecular formula is C14H13ClFNO2S. The summed E-state index contributed by atoms with van der Waals surface area (Å²) in [7, 11) is -3.71. The van der Waals surface area contributed by atoms with Gasteiger partial charge in [0.25, 0.3) is 0 Å². The van der Waals surface area contributed by atoms with Gasteiger partial charge in [-0.2, -0.15) is 0 Å². The standard InChI is InChI=1S/C14H13ClFNO2S/c1-10-2-4-11(5-3-10)9-17-20(18,19)12-6-7-14(16)13(15)8-12/h2-8,17H,9H2,1H3. The zero-order chi connectivity index (χ0) is 14.8. The Bertz CT molecular complexity index is 714. The third-order valence-electron chi connectivity index (χ3n) is 2.79. The number of nitrogens with one attached hydrogen (secondary N) is 1. The van der Waals surface area contributed by atoms with E-state index in [-0.39, 0.29) is 16.5 Å². The van der Waals surface area contributed by atoms with Crippen LogP contribution in [0.2, 0.25) is 5.02 Å². The Morgan fingerprint density at radius 2 is 1.80 bits per heavy atom. The lowest BCUT2D eigenvalue weighted by atomic mass is 10.2. The molecule has 2 aromatic rings. The zero-order valence-corrected chi connectivity index (χ0v) is 12.3. The Morgan fingerprint density at radius 3 is 2.40 bits per heavy atom. The van der Waals surface area contributed by atoms with Crippen LogP contribution < -0.4 is 4.72 Å². The molecule has 0 unspecified atom stereocenters. The van der Waals surface area contributed by atoms with Crippen LogP contribution in [0.15, 0.2) is 47.4 Å². The topological polar surface area (TPSA) is 46.2 Å². The molecule has 0 aliphatic carbocycles. The second-order valence-electron chi connectivity index (χ2n) is 4.39. The van der Waals surface area contributed by atoms with Crippen molar-refractivity contribution in [1.29, 1.82) is 0 Å². The maximum absolute atomic E-state index is 13.0. The molecule has 0 fully saturated rings. The first-order valence-electron chi connectivity index (χ1n) is 5.89. The molecule has 1 N–H and O–H groups in total. The number of benzene rings is 2. The van der Waals surface area contributed by atoms with Crippen LogP contribution in [0, 0.1) is 12.7 Å². The molecule has 0 aliphatic rings. The molecule has 2 aromatic carbocycles. The highest BCUT2D eigenvalue weighted by molar-refractivity contribution is 7.89. The Balaban J connectivity index is 2.14. The van der Waals surface area contributed by atoms with E-state index in [4.69, 9.17) is 11.6 Å². The second kappa shape index (κ2) is 5.91. The van der Waals surface area contributed by atoms with Crippen LogP contribution in [0.5, 0.6) is 0 Å². The van der Waals surface area contributed by atoms with Crippen molar-refractivity contribution in [2.75, 3.05) is 0 Å². The van der Waals surface area contributed by atoms with Gasteiger partial charge in [0.1, 0.15) is 5.82 Å². The summed E-state index contributed by atoms with van der Waals surface area (Å²) in [6.45, 7) is 2.12. The lowest BCUT2D eigenvalue weighted by Crippen LogP contribution is -2.23.